The lowest BCUT2D eigenvalue weighted by molar-refractivity contribution is -0.0268. The number of esters is 1. The van der Waals surface area contributed by atoms with E-state index in [0.29, 0.717) is 11.0 Å². The molecule has 2 aliphatic rings. The summed E-state index contributed by atoms with van der Waals surface area (Å²) >= 11 is 3.50. The molecule has 0 amide bonds. The highest BCUT2D eigenvalue weighted by atomic mass is 79.9. The van der Waals surface area contributed by atoms with Crippen LogP contribution in [0.25, 0.3) is 0 Å². The minimum atomic E-state index is -0.598. The molecule has 0 bridgehead atoms. The highest BCUT2D eigenvalue weighted by Gasteiger charge is 2.52. The summed E-state index contributed by atoms with van der Waals surface area (Å²) in [5.41, 5.74) is -0.0799. The van der Waals surface area contributed by atoms with Crippen LogP contribution in [0.2, 0.25) is 0 Å². The van der Waals surface area contributed by atoms with Crippen LogP contribution < -0.4 is 5.46 Å². The molecule has 26 heavy (non-hydrogen) atoms. The van der Waals surface area contributed by atoms with Crippen molar-refractivity contribution in [2.45, 2.75) is 83.5 Å². The first-order valence-electron chi connectivity index (χ1n) is 9.41. The average Bonchev–Trinajstić information content (AvgIpc) is 2.75. The highest BCUT2D eigenvalue weighted by Crippen LogP contribution is 2.37. The summed E-state index contributed by atoms with van der Waals surface area (Å²) in [7, 11) is -0.598. The Hall–Kier alpha value is -0.845. The van der Waals surface area contributed by atoms with Gasteiger partial charge in [-0.05, 0) is 84.0 Å². The number of hydrogen-bond acceptors (Lipinski definition) is 4. The minimum absolute atomic E-state index is 0.299. The molecule has 3 rings (SSSR count). The van der Waals surface area contributed by atoms with Crippen LogP contribution in [0.4, 0.5) is 0 Å². The van der Waals surface area contributed by atoms with E-state index in [1.165, 1.54) is 6.42 Å². The van der Waals surface area contributed by atoms with Crippen LogP contribution >= 0.6 is 15.9 Å². The molecule has 2 fully saturated rings. The average molecular weight is 423 g/mol. The quantitative estimate of drug-likeness (QED) is 0.526. The number of carbonyl (C=O) groups excluding carboxylic acids is 1. The number of hydrogen-bond donors (Lipinski definition) is 0. The van der Waals surface area contributed by atoms with E-state index < -0.39 is 18.3 Å². The van der Waals surface area contributed by atoms with E-state index in [4.69, 9.17) is 14.0 Å². The van der Waals surface area contributed by atoms with Gasteiger partial charge in [-0.15, -0.1) is 0 Å². The van der Waals surface area contributed by atoms with Gasteiger partial charge in [0, 0.05) is 4.47 Å². The van der Waals surface area contributed by atoms with Crippen LogP contribution in [0.5, 0.6) is 0 Å². The fraction of sp³-hybridized carbons (Fsp3) is 0.650. The third-order valence-electron chi connectivity index (χ3n) is 5.99. The SMILES string of the molecule is CC1(OC(=O)c2ccc(Br)cc2B2OC(C)(C)C(C)(C)O2)CCCCC1. The maximum Gasteiger partial charge on any atom is 0.495 e. The molecular weight excluding hydrogens is 395 g/mol. The molecule has 1 aliphatic carbocycles. The molecule has 0 unspecified atom stereocenters. The molecule has 142 valence electrons. The molecule has 1 heterocycles. The summed E-state index contributed by atoms with van der Waals surface area (Å²) in [6.07, 6.45) is 5.26. The summed E-state index contributed by atoms with van der Waals surface area (Å²) in [5.74, 6) is -0.299. The number of rotatable bonds is 3. The Kier molecular flexibility index (Phi) is 5.32. The summed E-state index contributed by atoms with van der Waals surface area (Å²) in [5, 5.41) is 0. The Labute approximate surface area is 165 Å². The number of ether oxygens (including phenoxy) is 1. The lowest BCUT2D eigenvalue weighted by Crippen LogP contribution is -2.41. The Morgan fingerprint density at radius 2 is 1.62 bits per heavy atom. The maximum atomic E-state index is 13.0. The fourth-order valence-electron chi connectivity index (χ4n) is 3.57. The van der Waals surface area contributed by atoms with Gasteiger partial charge in [0.05, 0.1) is 16.8 Å². The molecule has 0 radical (unpaired) electrons. The van der Waals surface area contributed by atoms with Crippen LogP contribution in [0, 0.1) is 0 Å². The van der Waals surface area contributed by atoms with Crippen molar-refractivity contribution in [3.8, 4) is 0 Å². The second-order valence-electron chi connectivity index (χ2n) is 8.72. The molecule has 1 aliphatic heterocycles. The van der Waals surface area contributed by atoms with Gasteiger partial charge in [-0.1, -0.05) is 22.4 Å². The van der Waals surface area contributed by atoms with Crippen molar-refractivity contribution in [1.82, 2.24) is 0 Å². The zero-order chi connectivity index (χ0) is 19.2. The van der Waals surface area contributed by atoms with E-state index in [-0.39, 0.29) is 11.6 Å². The van der Waals surface area contributed by atoms with Crippen molar-refractivity contribution >= 4 is 34.5 Å². The van der Waals surface area contributed by atoms with Crippen molar-refractivity contribution in [2.24, 2.45) is 0 Å². The second kappa shape index (κ2) is 6.95. The third kappa shape index (κ3) is 3.88. The molecule has 0 N–H and O–H groups in total. The van der Waals surface area contributed by atoms with Crippen molar-refractivity contribution < 1.29 is 18.8 Å². The summed E-state index contributed by atoms with van der Waals surface area (Å²) in [4.78, 5) is 13.0. The third-order valence-corrected chi connectivity index (χ3v) is 6.48. The predicted molar refractivity (Wildman–Crippen MR) is 107 cm³/mol. The molecule has 0 spiro atoms. The molecule has 0 atom stereocenters. The number of benzene rings is 1. The van der Waals surface area contributed by atoms with Gasteiger partial charge < -0.3 is 14.0 Å². The topological polar surface area (TPSA) is 44.8 Å². The summed E-state index contributed by atoms with van der Waals surface area (Å²) < 4.78 is 19.1. The van der Waals surface area contributed by atoms with Crippen molar-refractivity contribution in [3.63, 3.8) is 0 Å². The van der Waals surface area contributed by atoms with Crippen molar-refractivity contribution in [2.75, 3.05) is 0 Å². The number of carbonyl (C=O) groups is 1. The predicted octanol–water partition coefficient (Wildman–Crippen LogP) is 4.63. The number of halogens is 1. The van der Waals surface area contributed by atoms with E-state index in [1.807, 2.05) is 46.8 Å². The van der Waals surface area contributed by atoms with E-state index in [2.05, 4.69) is 15.9 Å². The first kappa shape index (κ1) is 19.9. The monoisotopic (exact) mass is 422 g/mol. The smallest absolute Gasteiger partial charge is 0.456 e. The summed E-state index contributed by atoms with van der Waals surface area (Å²) in [6, 6.07) is 5.54. The van der Waals surface area contributed by atoms with Gasteiger partial charge in [0.25, 0.3) is 0 Å². The Morgan fingerprint density at radius 3 is 2.19 bits per heavy atom. The zero-order valence-electron chi connectivity index (χ0n) is 16.4. The lowest BCUT2D eigenvalue weighted by atomic mass is 9.76. The first-order valence-corrected chi connectivity index (χ1v) is 10.2. The van der Waals surface area contributed by atoms with Crippen LogP contribution in [-0.4, -0.2) is 29.9 Å². The molecule has 0 aromatic heterocycles. The standard InChI is InChI=1S/C20H28BBrO4/c1-18(2)19(3,4)26-21(25-18)16-13-14(22)9-10-15(16)17(23)24-20(5)11-7-6-8-12-20/h9-10,13H,6-8,11-12H2,1-5H3. The van der Waals surface area contributed by atoms with Gasteiger partial charge in [0.15, 0.2) is 0 Å². The second-order valence-corrected chi connectivity index (χ2v) is 9.64. The van der Waals surface area contributed by atoms with Crippen molar-refractivity contribution in [1.29, 1.82) is 0 Å². The lowest BCUT2D eigenvalue weighted by Gasteiger charge is -2.33. The Bertz CT molecular complexity index is 679. The molecule has 1 aromatic rings. The normalized spacial score (nSPS) is 23.7. The van der Waals surface area contributed by atoms with E-state index in [9.17, 15) is 4.79 Å². The molecule has 6 heteroatoms. The molecule has 4 nitrogen and oxygen atoms in total. The largest absolute Gasteiger partial charge is 0.495 e. The Morgan fingerprint density at radius 1 is 1.04 bits per heavy atom. The first-order chi connectivity index (χ1) is 12.0. The van der Waals surface area contributed by atoms with Crippen LogP contribution in [0.15, 0.2) is 22.7 Å². The maximum absolute atomic E-state index is 13.0. The zero-order valence-corrected chi connectivity index (χ0v) is 17.9. The summed E-state index contributed by atoms with van der Waals surface area (Å²) in [6.45, 7) is 10.1. The van der Waals surface area contributed by atoms with Gasteiger partial charge in [-0.25, -0.2) is 4.79 Å². The molecular formula is C20H28BBrO4. The van der Waals surface area contributed by atoms with Crippen LogP contribution in [-0.2, 0) is 14.0 Å². The van der Waals surface area contributed by atoms with Gasteiger partial charge in [-0.2, -0.15) is 0 Å². The van der Waals surface area contributed by atoms with E-state index in [0.717, 1.165) is 30.2 Å². The van der Waals surface area contributed by atoms with Crippen LogP contribution in [0.1, 0.15) is 77.1 Å². The molecule has 1 aromatic carbocycles. The van der Waals surface area contributed by atoms with Crippen molar-refractivity contribution in [3.05, 3.63) is 28.2 Å². The molecule has 1 saturated heterocycles. The van der Waals surface area contributed by atoms with Crippen LogP contribution in [0.3, 0.4) is 0 Å². The fourth-order valence-corrected chi connectivity index (χ4v) is 3.94. The van der Waals surface area contributed by atoms with Gasteiger partial charge in [0.1, 0.15) is 5.60 Å². The van der Waals surface area contributed by atoms with Gasteiger partial charge >= 0.3 is 13.1 Å². The highest BCUT2D eigenvalue weighted by molar-refractivity contribution is 9.10. The van der Waals surface area contributed by atoms with E-state index >= 15 is 0 Å². The minimum Gasteiger partial charge on any atom is -0.456 e. The van der Waals surface area contributed by atoms with E-state index in [1.54, 1.807) is 6.07 Å². The van der Waals surface area contributed by atoms with Gasteiger partial charge in [-0.3, -0.25) is 0 Å². The Balaban J connectivity index is 1.88. The molecule has 1 saturated carbocycles. The van der Waals surface area contributed by atoms with Gasteiger partial charge in [0.2, 0.25) is 0 Å².